The lowest BCUT2D eigenvalue weighted by molar-refractivity contribution is -0.139. The number of hydrogen-bond acceptors (Lipinski definition) is 10. The van der Waals surface area contributed by atoms with Gasteiger partial charge in [0.1, 0.15) is 12.4 Å². The van der Waals surface area contributed by atoms with E-state index < -0.39 is 18.0 Å². The zero-order valence-electron chi connectivity index (χ0n) is 25.9. The van der Waals surface area contributed by atoms with E-state index in [1.165, 1.54) is 49.4 Å². The summed E-state index contributed by atoms with van der Waals surface area (Å²) < 4.78 is 29.8. The number of thiazole rings is 1. The first-order valence-electron chi connectivity index (χ1n) is 14.2. The number of carboxylic acid groups (broad SMARTS) is 1. The van der Waals surface area contributed by atoms with Crippen LogP contribution in [0.15, 0.2) is 81.7 Å². The standard InChI is InChI=1S/C34H32N2O9S/c1-6-44-33(40)28-19(2)35-34-36(29(28)23-16-25(41-3)30(43-5)26(17-23)42-4)31(37)27(46-34)15-20-9-13-24(14-10-20)45-18-21-7-11-22(12-8-21)32(38)39/h7-17,29H,6,18H2,1-5H3,(H,38,39)/t29-/m0/s1. The lowest BCUT2D eigenvalue weighted by Gasteiger charge is -2.26. The number of nitrogens with zero attached hydrogens (tertiary/aromatic N) is 2. The van der Waals surface area contributed by atoms with Crippen LogP contribution in [0.5, 0.6) is 23.0 Å². The van der Waals surface area contributed by atoms with E-state index in [1.54, 1.807) is 56.3 Å². The van der Waals surface area contributed by atoms with E-state index in [9.17, 15) is 14.4 Å². The van der Waals surface area contributed by atoms with Crippen molar-refractivity contribution in [2.45, 2.75) is 26.5 Å². The number of allylic oxidation sites excluding steroid dienone is 1. The predicted octanol–water partition coefficient (Wildman–Crippen LogP) is 4.10. The zero-order valence-corrected chi connectivity index (χ0v) is 26.7. The number of hydrogen-bond donors (Lipinski definition) is 1. The maximum absolute atomic E-state index is 14.0. The summed E-state index contributed by atoms with van der Waals surface area (Å²) in [4.78, 5) is 43.4. The summed E-state index contributed by atoms with van der Waals surface area (Å²) in [5, 5.41) is 9.07. The highest BCUT2D eigenvalue weighted by atomic mass is 32.1. The predicted molar refractivity (Wildman–Crippen MR) is 171 cm³/mol. The van der Waals surface area contributed by atoms with Crippen molar-refractivity contribution in [3.8, 4) is 23.0 Å². The molecule has 1 aliphatic heterocycles. The third kappa shape index (κ3) is 6.38. The van der Waals surface area contributed by atoms with Crippen LogP contribution in [-0.4, -0.2) is 49.5 Å². The first-order chi connectivity index (χ1) is 22.2. The summed E-state index contributed by atoms with van der Waals surface area (Å²) in [5.41, 5.74) is 2.68. The number of methoxy groups -OCH3 is 3. The number of esters is 1. The van der Waals surface area contributed by atoms with Crippen LogP contribution in [0.25, 0.3) is 6.08 Å². The Balaban J connectivity index is 1.51. The van der Waals surface area contributed by atoms with E-state index in [0.717, 1.165) is 11.1 Å². The van der Waals surface area contributed by atoms with Gasteiger partial charge in [-0.2, -0.15) is 0 Å². The van der Waals surface area contributed by atoms with Gasteiger partial charge in [0, 0.05) is 0 Å². The normalized spacial score (nSPS) is 14.3. The molecule has 4 aromatic rings. The third-order valence-electron chi connectivity index (χ3n) is 7.30. The van der Waals surface area contributed by atoms with Crippen molar-refractivity contribution in [1.29, 1.82) is 0 Å². The van der Waals surface area contributed by atoms with Gasteiger partial charge in [-0.1, -0.05) is 35.6 Å². The molecule has 238 valence electrons. The highest BCUT2D eigenvalue weighted by molar-refractivity contribution is 7.07. The first kappa shape index (κ1) is 32.0. The van der Waals surface area contributed by atoms with E-state index in [-0.39, 0.29) is 29.9 Å². The average Bonchev–Trinajstić information content (AvgIpc) is 3.36. The van der Waals surface area contributed by atoms with Gasteiger partial charge in [0.25, 0.3) is 5.56 Å². The first-order valence-corrected chi connectivity index (χ1v) is 15.0. The highest BCUT2D eigenvalue weighted by Gasteiger charge is 2.34. The summed E-state index contributed by atoms with van der Waals surface area (Å²) >= 11 is 1.21. The number of fused-ring (bicyclic) bond motifs is 1. The van der Waals surface area contributed by atoms with Crippen molar-refractivity contribution in [3.05, 3.63) is 114 Å². The molecule has 0 saturated carbocycles. The van der Waals surface area contributed by atoms with Crippen LogP contribution in [0, 0.1) is 0 Å². The topological polar surface area (TPSA) is 135 Å². The molecule has 0 amide bonds. The maximum atomic E-state index is 14.0. The lowest BCUT2D eigenvalue weighted by Crippen LogP contribution is -2.40. The van der Waals surface area contributed by atoms with Crippen LogP contribution in [0.1, 0.15) is 46.9 Å². The fourth-order valence-corrected chi connectivity index (χ4v) is 6.13. The minimum atomic E-state index is -0.984. The van der Waals surface area contributed by atoms with Gasteiger partial charge in [0.05, 0.1) is 55.3 Å². The third-order valence-corrected chi connectivity index (χ3v) is 8.29. The lowest BCUT2D eigenvalue weighted by atomic mass is 9.95. The Morgan fingerprint density at radius 3 is 2.20 bits per heavy atom. The molecule has 2 heterocycles. The molecule has 0 unspecified atom stereocenters. The maximum Gasteiger partial charge on any atom is 0.338 e. The molecule has 1 atom stereocenters. The number of carbonyl (C=O) groups excluding carboxylic acids is 1. The highest BCUT2D eigenvalue weighted by Crippen LogP contribution is 2.42. The quantitative estimate of drug-likeness (QED) is 0.240. The van der Waals surface area contributed by atoms with E-state index in [0.29, 0.717) is 43.6 Å². The minimum Gasteiger partial charge on any atom is -0.493 e. The van der Waals surface area contributed by atoms with Gasteiger partial charge in [0.2, 0.25) is 5.75 Å². The van der Waals surface area contributed by atoms with E-state index in [2.05, 4.69) is 4.99 Å². The second-order valence-electron chi connectivity index (χ2n) is 10.1. The largest absolute Gasteiger partial charge is 0.493 e. The number of aromatic nitrogens is 1. The second kappa shape index (κ2) is 13.7. The summed E-state index contributed by atoms with van der Waals surface area (Å²) in [7, 11) is 4.49. The van der Waals surface area contributed by atoms with Crippen molar-refractivity contribution >= 4 is 29.4 Å². The number of carbonyl (C=O) groups is 2. The molecule has 46 heavy (non-hydrogen) atoms. The number of ether oxygens (including phenoxy) is 5. The number of carboxylic acids is 1. The molecule has 1 aromatic heterocycles. The van der Waals surface area contributed by atoms with Gasteiger partial charge < -0.3 is 28.8 Å². The van der Waals surface area contributed by atoms with Gasteiger partial charge in [-0.3, -0.25) is 9.36 Å². The Labute approximate surface area is 268 Å². The van der Waals surface area contributed by atoms with Crippen molar-refractivity contribution in [3.63, 3.8) is 0 Å². The molecule has 5 rings (SSSR count). The van der Waals surface area contributed by atoms with Crippen molar-refractivity contribution in [1.82, 2.24) is 4.57 Å². The Morgan fingerprint density at radius 1 is 0.978 bits per heavy atom. The van der Waals surface area contributed by atoms with Crippen LogP contribution in [0.3, 0.4) is 0 Å². The molecule has 11 nitrogen and oxygen atoms in total. The van der Waals surface area contributed by atoms with Crippen molar-refractivity contribution in [2.75, 3.05) is 27.9 Å². The van der Waals surface area contributed by atoms with Crippen molar-refractivity contribution < 1.29 is 38.4 Å². The van der Waals surface area contributed by atoms with Gasteiger partial charge >= 0.3 is 11.9 Å². The summed E-state index contributed by atoms with van der Waals surface area (Å²) in [6.07, 6.45) is 1.76. The summed E-state index contributed by atoms with van der Waals surface area (Å²) in [5.74, 6) is 0.167. The number of benzene rings is 3. The molecule has 0 aliphatic carbocycles. The fraction of sp³-hybridized carbons (Fsp3) is 0.235. The molecule has 0 radical (unpaired) electrons. The van der Waals surface area contributed by atoms with E-state index in [4.69, 9.17) is 28.8 Å². The molecular formula is C34H32N2O9S. The molecule has 1 aliphatic rings. The Kier molecular flexibility index (Phi) is 9.57. The molecule has 0 spiro atoms. The number of aromatic carboxylic acids is 1. The average molecular weight is 645 g/mol. The summed E-state index contributed by atoms with van der Waals surface area (Å²) in [6.45, 7) is 3.85. The Morgan fingerprint density at radius 2 is 1.63 bits per heavy atom. The number of rotatable bonds is 11. The Hall–Kier alpha value is -5.36. The minimum absolute atomic E-state index is 0.152. The van der Waals surface area contributed by atoms with Crippen LogP contribution in [0.2, 0.25) is 0 Å². The SMILES string of the molecule is CCOC(=O)C1=C(C)N=c2sc(=Cc3ccc(OCc4ccc(C(=O)O)cc4)cc3)c(=O)n2[C@H]1c1cc(OC)c(OC)c(OC)c1. The molecule has 0 fully saturated rings. The van der Waals surface area contributed by atoms with Crippen LogP contribution < -0.4 is 33.8 Å². The Bertz CT molecular complexity index is 1970. The molecule has 0 bridgehead atoms. The van der Waals surface area contributed by atoms with Crippen LogP contribution in [0.4, 0.5) is 0 Å². The van der Waals surface area contributed by atoms with Gasteiger partial charge in [-0.15, -0.1) is 0 Å². The molecular weight excluding hydrogens is 612 g/mol. The fourth-order valence-electron chi connectivity index (χ4n) is 5.09. The molecule has 12 heteroatoms. The smallest absolute Gasteiger partial charge is 0.338 e. The van der Waals surface area contributed by atoms with Gasteiger partial charge in [-0.25, -0.2) is 14.6 Å². The second-order valence-corrected chi connectivity index (χ2v) is 11.1. The van der Waals surface area contributed by atoms with Crippen molar-refractivity contribution in [2.24, 2.45) is 4.99 Å². The molecule has 3 aromatic carbocycles. The van der Waals surface area contributed by atoms with E-state index in [1.807, 2.05) is 12.1 Å². The van der Waals surface area contributed by atoms with Gasteiger partial charge in [-0.05, 0) is 73.0 Å². The zero-order chi connectivity index (χ0) is 33.0. The summed E-state index contributed by atoms with van der Waals surface area (Å²) in [6, 6.07) is 16.3. The van der Waals surface area contributed by atoms with Crippen LogP contribution in [-0.2, 0) is 16.1 Å². The van der Waals surface area contributed by atoms with Crippen LogP contribution >= 0.6 is 11.3 Å². The van der Waals surface area contributed by atoms with Gasteiger partial charge in [0.15, 0.2) is 16.3 Å². The molecule has 0 saturated heterocycles. The monoisotopic (exact) mass is 644 g/mol. The molecule has 1 N–H and O–H groups in total. The van der Waals surface area contributed by atoms with E-state index >= 15 is 0 Å².